The van der Waals surface area contributed by atoms with Crippen molar-refractivity contribution in [3.05, 3.63) is 77.9 Å². The normalized spacial score (nSPS) is 13.4. The second-order valence-corrected chi connectivity index (χ2v) is 12.8. The molecule has 0 radical (unpaired) electrons. The standard InChI is InChI=1S/C35H47N3O4/c1-10-24-16-18-26(19-17-24)30(31(39)36-28-21-20-25-14-12-13-15-27(25)22-28)38(35(8,9)11-2)32(40)29(23(3)4)37-33(41)42-34(5,6)7/h12-23,29-30H,10-11H2,1-9H3,(H,36,39)(H,37,41). The Morgan fingerprint density at radius 1 is 0.857 bits per heavy atom. The van der Waals surface area contributed by atoms with Crippen LogP contribution in [0.1, 0.15) is 85.9 Å². The molecule has 7 heteroatoms. The molecule has 2 atom stereocenters. The summed E-state index contributed by atoms with van der Waals surface area (Å²) in [5.74, 6) is -0.933. The number of hydrogen-bond acceptors (Lipinski definition) is 4. The van der Waals surface area contributed by atoms with Gasteiger partial charge in [0.15, 0.2) is 0 Å². The monoisotopic (exact) mass is 573 g/mol. The summed E-state index contributed by atoms with van der Waals surface area (Å²) in [5.41, 5.74) is 1.02. The number of carbonyl (C=O) groups excluding carboxylic acids is 3. The van der Waals surface area contributed by atoms with Crippen molar-refractivity contribution in [3.8, 4) is 0 Å². The Balaban J connectivity index is 2.10. The number of fused-ring (bicyclic) bond motifs is 1. The van der Waals surface area contributed by atoms with Crippen molar-refractivity contribution in [2.24, 2.45) is 5.92 Å². The predicted molar refractivity (Wildman–Crippen MR) is 170 cm³/mol. The van der Waals surface area contributed by atoms with E-state index in [2.05, 4.69) is 17.6 Å². The summed E-state index contributed by atoms with van der Waals surface area (Å²) in [6.45, 7) is 17.0. The molecule has 7 nitrogen and oxygen atoms in total. The zero-order valence-electron chi connectivity index (χ0n) is 26.6. The summed E-state index contributed by atoms with van der Waals surface area (Å²) in [6, 6.07) is 19.7. The number of hydrogen-bond donors (Lipinski definition) is 2. The first-order chi connectivity index (χ1) is 19.7. The van der Waals surface area contributed by atoms with Crippen LogP contribution < -0.4 is 10.6 Å². The highest BCUT2D eigenvalue weighted by Crippen LogP contribution is 2.34. The molecule has 42 heavy (non-hydrogen) atoms. The fourth-order valence-electron chi connectivity index (χ4n) is 4.87. The number of nitrogens with zero attached hydrogens (tertiary/aromatic N) is 1. The van der Waals surface area contributed by atoms with Gasteiger partial charge in [0.25, 0.3) is 5.91 Å². The Labute approximate surface area is 251 Å². The molecule has 0 saturated carbocycles. The Bertz CT molecular complexity index is 1390. The lowest BCUT2D eigenvalue weighted by atomic mass is 9.90. The molecular weight excluding hydrogens is 526 g/mol. The molecule has 3 aromatic carbocycles. The Hall–Kier alpha value is -3.87. The van der Waals surface area contributed by atoms with E-state index < -0.39 is 29.3 Å². The van der Waals surface area contributed by atoms with Crippen LogP contribution in [0.3, 0.4) is 0 Å². The van der Waals surface area contributed by atoms with Crippen LogP contribution in [0, 0.1) is 5.92 Å². The summed E-state index contributed by atoms with van der Waals surface area (Å²) < 4.78 is 5.49. The molecular formula is C35H47N3O4. The van der Waals surface area contributed by atoms with Gasteiger partial charge in [-0.3, -0.25) is 9.59 Å². The van der Waals surface area contributed by atoms with Gasteiger partial charge in [-0.25, -0.2) is 4.79 Å². The van der Waals surface area contributed by atoms with Crippen LogP contribution >= 0.6 is 0 Å². The number of anilines is 1. The van der Waals surface area contributed by atoms with Crippen LogP contribution in [0.15, 0.2) is 66.7 Å². The van der Waals surface area contributed by atoms with Gasteiger partial charge in [-0.2, -0.15) is 0 Å². The number of ether oxygens (including phenoxy) is 1. The summed E-state index contributed by atoms with van der Waals surface area (Å²) >= 11 is 0. The van der Waals surface area contributed by atoms with Gasteiger partial charge in [0.1, 0.15) is 17.7 Å². The second-order valence-electron chi connectivity index (χ2n) is 12.8. The van der Waals surface area contributed by atoms with E-state index in [0.29, 0.717) is 17.7 Å². The SMILES string of the molecule is CCc1ccc(C(C(=O)Nc2ccc3ccccc3c2)N(C(=O)C(NC(=O)OC(C)(C)C)C(C)C)C(C)(C)CC)cc1. The minimum Gasteiger partial charge on any atom is -0.444 e. The molecule has 3 rings (SSSR count). The first kappa shape index (κ1) is 32.6. The smallest absolute Gasteiger partial charge is 0.408 e. The van der Waals surface area contributed by atoms with E-state index in [1.54, 1.807) is 25.7 Å². The Kier molecular flexibility index (Phi) is 10.4. The number of alkyl carbamates (subject to hydrolysis) is 1. The molecule has 0 aliphatic rings. The third-order valence-corrected chi connectivity index (χ3v) is 7.59. The quantitative estimate of drug-likeness (QED) is 0.261. The number of carbonyl (C=O) groups is 3. The molecule has 3 amide bonds. The van der Waals surface area contributed by atoms with Crippen LogP contribution in [-0.2, 0) is 20.7 Å². The zero-order valence-corrected chi connectivity index (χ0v) is 26.6. The van der Waals surface area contributed by atoms with Crippen LogP contribution in [0.5, 0.6) is 0 Å². The van der Waals surface area contributed by atoms with Crippen LogP contribution in [0.25, 0.3) is 10.8 Å². The van der Waals surface area contributed by atoms with Gasteiger partial charge in [-0.15, -0.1) is 0 Å². The van der Waals surface area contributed by atoms with Gasteiger partial charge in [-0.05, 0) is 87.4 Å². The maximum Gasteiger partial charge on any atom is 0.408 e. The summed E-state index contributed by atoms with van der Waals surface area (Å²) in [6.07, 6.45) is 0.767. The van der Waals surface area contributed by atoms with Crippen LogP contribution in [0.4, 0.5) is 10.5 Å². The largest absolute Gasteiger partial charge is 0.444 e. The average Bonchev–Trinajstić information content (AvgIpc) is 2.93. The first-order valence-corrected chi connectivity index (χ1v) is 14.9. The number of rotatable bonds is 10. The Morgan fingerprint density at radius 2 is 1.48 bits per heavy atom. The summed E-state index contributed by atoms with van der Waals surface area (Å²) in [4.78, 5) is 43.3. The number of nitrogens with one attached hydrogen (secondary N) is 2. The van der Waals surface area contributed by atoms with Gasteiger partial charge in [-0.1, -0.05) is 82.3 Å². The molecule has 0 aliphatic carbocycles. The molecule has 0 saturated heterocycles. The molecule has 226 valence electrons. The van der Waals surface area contributed by atoms with E-state index in [9.17, 15) is 14.4 Å². The second kappa shape index (κ2) is 13.4. The van der Waals surface area contributed by atoms with Gasteiger partial charge < -0.3 is 20.3 Å². The molecule has 2 N–H and O–H groups in total. The van der Waals surface area contributed by atoms with E-state index >= 15 is 0 Å². The van der Waals surface area contributed by atoms with E-state index in [-0.39, 0.29) is 17.7 Å². The molecule has 0 fully saturated rings. The average molecular weight is 574 g/mol. The van der Waals surface area contributed by atoms with Gasteiger partial charge in [0.2, 0.25) is 5.91 Å². The van der Waals surface area contributed by atoms with Crippen LogP contribution in [0.2, 0.25) is 0 Å². The van der Waals surface area contributed by atoms with Gasteiger partial charge in [0, 0.05) is 11.2 Å². The van der Waals surface area contributed by atoms with Crippen molar-refractivity contribution >= 4 is 34.4 Å². The van der Waals surface area contributed by atoms with E-state index in [4.69, 9.17) is 4.74 Å². The summed E-state index contributed by atoms with van der Waals surface area (Å²) in [5, 5.41) is 7.96. The molecule has 0 aliphatic heterocycles. The van der Waals surface area contributed by atoms with Crippen molar-refractivity contribution in [1.29, 1.82) is 0 Å². The molecule has 2 unspecified atom stereocenters. The van der Waals surface area contributed by atoms with Crippen molar-refractivity contribution in [2.45, 2.75) is 98.4 Å². The first-order valence-electron chi connectivity index (χ1n) is 14.9. The maximum absolute atomic E-state index is 14.5. The van der Waals surface area contributed by atoms with Crippen molar-refractivity contribution in [2.75, 3.05) is 5.32 Å². The van der Waals surface area contributed by atoms with E-state index in [1.165, 1.54) is 0 Å². The van der Waals surface area contributed by atoms with E-state index in [1.807, 2.05) is 101 Å². The molecule has 0 spiro atoms. The van der Waals surface area contributed by atoms with Crippen molar-refractivity contribution in [1.82, 2.24) is 10.2 Å². The minimum atomic E-state index is -0.952. The number of amides is 3. The molecule has 0 aromatic heterocycles. The highest BCUT2D eigenvalue weighted by molar-refractivity contribution is 6.00. The lowest BCUT2D eigenvalue weighted by molar-refractivity contribution is -0.148. The molecule has 3 aromatic rings. The fraction of sp³-hybridized carbons (Fsp3) is 0.457. The topological polar surface area (TPSA) is 87.7 Å². The van der Waals surface area contributed by atoms with Crippen LogP contribution in [-0.4, -0.2) is 40.0 Å². The number of aryl methyl sites for hydroxylation is 1. The lowest BCUT2D eigenvalue weighted by Gasteiger charge is -2.45. The van der Waals surface area contributed by atoms with Crippen molar-refractivity contribution < 1.29 is 19.1 Å². The third-order valence-electron chi connectivity index (χ3n) is 7.59. The maximum atomic E-state index is 14.5. The predicted octanol–water partition coefficient (Wildman–Crippen LogP) is 7.65. The minimum absolute atomic E-state index is 0.258. The van der Waals surface area contributed by atoms with Crippen molar-refractivity contribution in [3.63, 3.8) is 0 Å². The van der Waals surface area contributed by atoms with Gasteiger partial charge >= 0.3 is 6.09 Å². The lowest BCUT2D eigenvalue weighted by Crippen LogP contribution is -2.60. The Morgan fingerprint density at radius 3 is 2.02 bits per heavy atom. The molecule has 0 heterocycles. The number of benzene rings is 3. The highest BCUT2D eigenvalue weighted by Gasteiger charge is 2.44. The zero-order chi connectivity index (χ0) is 31.2. The highest BCUT2D eigenvalue weighted by atomic mass is 16.6. The molecule has 0 bridgehead atoms. The van der Waals surface area contributed by atoms with Gasteiger partial charge in [0.05, 0.1) is 0 Å². The van der Waals surface area contributed by atoms with E-state index in [0.717, 1.165) is 22.8 Å². The fourth-order valence-corrected chi connectivity index (χ4v) is 4.87. The third kappa shape index (κ3) is 8.11. The summed E-state index contributed by atoms with van der Waals surface area (Å²) in [7, 11) is 0.